The van der Waals surface area contributed by atoms with Crippen LogP contribution in [0, 0.1) is 0 Å². The summed E-state index contributed by atoms with van der Waals surface area (Å²) in [6.45, 7) is 0.845. The third-order valence-electron chi connectivity index (χ3n) is 3.79. The van der Waals surface area contributed by atoms with E-state index in [0.29, 0.717) is 6.10 Å². The summed E-state index contributed by atoms with van der Waals surface area (Å²) in [6.07, 6.45) is 8.27. The normalized spacial score (nSPS) is 19.1. The van der Waals surface area contributed by atoms with Crippen molar-refractivity contribution in [2.45, 2.75) is 50.7 Å². The average molecular weight is 282 g/mol. The molecule has 0 aliphatic heterocycles. The van der Waals surface area contributed by atoms with Crippen molar-refractivity contribution in [1.82, 2.24) is 5.32 Å². The van der Waals surface area contributed by atoms with Gasteiger partial charge >= 0.3 is 0 Å². The summed E-state index contributed by atoms with van der Waals surface area (Å²) in [5.41, 5.74) is 1.21. The summed E-state index contributed by atoms with van der Waals surface area (Å²) in [7, 11) is 1.97. The molecule has 0 spiro atoms. The van der Waals surface area contributed by atoms with Crippen LogP contribution in [0.15, 0.2) is 24.3 Å². The highest BCUT2D eigenvalue weighted by Gasteiger charge is 2.19. The van der Waals surface area contributed by atoms with Crippen LogP contribution in [0.1, 0.15) is 50.2 Å². The lowest BCUT2D eigenvalue weighted by Gasteiger charge is -2.24. The third kappa shape index (κ3) is 4.79. The molecule has 2 rings (SSSR count). The zero-order valence-corrected chi connectivity index (χ0v) is 12.5. The fourth-order valence-corrected chi connectivity index (χ4v) is 2.84. The second kappa shape index (κ2) is 7.88. The molecule has 106 valence electrons. The van der Waals surface area contributed by atoms with E-state index in [4.69, 9.17) is 16.3 Å². The molecule has 1 unspecified atom stereocenters. The molecule has 1 aliphatic carbocycles. The Hall–Kier alpha value is -0.570. The summed E-state index contributed by atoms with van der Waals surface area (Å²) in [4.78, 5) is 0. The van der Waals surface area contributed by atoms with Crippen molar-refractivity contribution in [1.29, 1.82) is 0 Å². The molecule has 1 fully saturated rings. The minimum Gasteiger partial charge on any atom is -0.369 e. The zero-order valence-electron chi connectivity index (χ0n) is 11.7. The maximum atomic E-state index is 6.33. The van der Waals surface area contributed by atoms with Gasteiger partial charge in [0.1, 0.15) is 0 Å². The SMILES string of the molecule is CNCC(OC1CCCCCC1)c1ccc(Cl)cc1. The highest BCUT2D eigenvalue weighted by atomic mass is 35.5. The van der Waals surface area contributed by atoms with E-state index in [1.54, 1.807) is 0 Å². The predicted octanol–water partition coefficient (Wildman–Crippen LogP) is 4.34. The van der Waals surface area contributed by atoms with Crippen molar-refractivity contribution in [2.75, 3.05) is 13.6 Å². The number of hydrogen-bond donors (Lipinski definition) is 1. The molecule has 1 aromatic rings. The summed E-state index contributed by atoms with van der Waals surface area (Å²) >= 11 is 5.95. The molecule has 1 atom stereocenters. The van der Waals surface area contributed by atoms with E-state index >= 15 is 0 Å². The second-order valence-electron chi connectivity index (χ2n) is 5.35. The fraction of sp³-hybridized carbons (Fsp3) is 0.625. The van der Waals surface area contributed by atoms with Crippen LogP contribution in [0.4, 0.5) is 0 Å². The first-order valence-electron chi connectivity index (χ1n) is 7.35. The summed E-state index contributed by atoms with van der Waals surface area (Å²) in [6, 6.07) is 8.02. The lowest BCUT2D eigenvalue weighted by atomic mass is 10.1. The topological polar surface area (TPSA) is 21.3 Å². The molecule has 0 bridgehead atoms. The second-order valence-corrected chi connectivity index (χ2v) is 5.78. The summed E-state index contributed by atoms with van der Waals surface area (Å²) in [5.74, 6) is 0. The van der Waals surface area contributed by atoms with Gasteiger partial charge in [-0.25, -0.2) is 0 Å². The monoisotopic (exact) mass is 281 g/mol. The van der Waals surface area contributed by atoms with Gasteiger partial charge in [0.25, 0.3) is 0 Å². The number of benzene rings is 1. The first-order chi connectivity index (χ1) is 9.29. The summed E-state index contributed by atoms with van der Waals surface area (Å²) in [5, 5.41) is 4.01. The fourth-order valence-electron chi connectivity index (χ4n) is 2.72. The van der Waals surface area contributed by atoms with Crippen LogP contribution in [-0.2, 0) is 4.74 Å². The number of halogens is 1. The molecule has 0 aromatic heterocycles. The molecule has 1 saturated carbocycles. The molecule has 1 N–H and O–H groups in total. The van der Waals surface area contributed by atoms with Crippen LogP contribution in [0.5, 0.6) is 0 Å². The van der Waals surface area contributed by atoms with Gasteiger partial charge in [-0.15, -0.1) is 0 Å². The van der Waals surface area contributed by atoms with Crippen LogP contribution in [0.2, 0.25) is 5.02 Å². The molecule has 2 nitrogen and oxygen atoms in total. The lowest BCUT2D eigenvalue weighted by molar-refractivity contribution is -0.0193. The van der Waals surface area contributed by atoms with Crippen LogP contribution in [0.3, 0.4) is 0 Å². The first-order valence-corrected chi connectivity index (χ1v) is 7.73. The maximum absolute atomic E-state index is 6.33. The van der Waals surface area contributed by atoms with Gasteiger partial charge in [-0.05, 0) is 37.6 Å². The van der Waals surface area contributed by atoms with Crippen LogP contribution >= 0.6 is 11.6 Å². The van der Waals surface area contributed by atoms with Crippen molar-refractivity contribution in [3.8, 4) is 0 Å². The third-order valence-corrected chi connectivity index (χ3v) is 4.04. The number of rotatable bonds is 5. The molecule has 3 heteroatoms. The Labute approximate surface area is 121 Å². The van der Waals surface area contributed by atoms with E-state index in [-0.39, 0.29) is 6.10 Å². The smallest absolute Gasteiger partial charge is 0.0952 e. The van der Waals surface area contributed by atoms with E-state index in [0.717, 1.165) is 11.6 Å². The Morgan fingerprint density at radius 2 is 1.79 bits per heavy atom. The van der Waals surface area contributed by atoms with Gasteiger partial charge in [0, 0.05) is 11.6 Å². The Balaban J connectivity index is 2.00. The van der Waals surface area contributed by atoms with Gasteiger partial charge in [-0.2, -0.15) is 0 Å². The molecule has 19 heavy (non-hydrogen) atoms. The first kappa shape index (κ1) is 14.8. The van der Waals surface area contributed by atoms with E-state index in [1.165, 1.54) is 44.1 Å². The van der Waals surface area contributed by atoms with Crippen molar-refractivity contribution >= 4 is 11.6 Å². The molecule has 1 aliphatic rings. The molecule has 0 heterocycles. The molecule has 0 radical (unpaired) electrons. The molecule has 0 amide bonds. The van der Waals surface area contributed by atoms with Gasteiger partial charge in [0.05, 0.1) is 12.2 Å². The Morgan fingerprint density at radius 3 is 2.37 bits per heavy atom. The number of ether oxygens (including phenoxy) is 1. The van der Waals surface area contributed by atoms with Crippen LogP contribution in [0.25, 0.3) is 0 Å². The lowest BCUT2D eigenvalue weighted by Crippen LogP contribution is -2.24. The van der Waals surface area contributed by atoms with E-state index in [2.05, 4.69) is 17.4 Å². The zero-order chi connectivity index (χ0) is 13.5. The highest BCUT2D eigenvalue weighted by Crippen LogP contribution is 2.26. The number of nitrogens with one attached hydrogen (secondary N) is 1. The van der Waals surface area contributed by atoms with E-state index in [9.17, 15) is 0 Å². The van der Waals surface area contributed by atoms with Crippen molar-refractivity contribution in [2.24, 2.45) is 0 Å². The van der Waals surface area contributed by atoms with Gasteiger partial charge in [-0.3, -0.25) is 0 Å². The summed E-state index contributed by atoms with van der Waals surface area (Å²) < 4.78 is 6.33. The maximum Gasteiger partial charge on any atom is 0.0952 e. The molecule has 1 aromatic carbocycles. The predicted molar refractivity (Wildman–Crippen MR) is 80.7 cm³/mol. The van der Waals surface area contributed by atoms with Gasteiger partial charge in [0.2, 0.25) is 0 Å². The largest absolute Gasteiger partial charge is 0.369 e. The minimum atomic E-state index is 0.130. The highest BCUT2D eigenvalue weighted by molar-refractivity contribution is 6.30. The Kier molecular flexibility index (Phi) is 6.15. The molecule has 0 saturated heterocycles. The molecular weight excluding hydrogens is 258 g/mol. The Bertz CT molecular complexity index is 358. The average Bonchev–Trinajstić information content (AvgIpc) is 2.68. The van der Waals surface area contributed by atoms with Crippen molar-refractivity contribution in [3.05, 3.63) is 34.9 Å². The Morgan fingerprint density at radius 1 is 1.16 bits per heavy atom. The van der Waals surface area contributed by atoms with E-state index < -0.39 is 0 Å². The van der Waals surface area contributed by atoms with E-state index in [1.807, 2.05) is 19.2 Å². The van der Waals surface area contributed by atoms with Crippen molar-refractivity contribution in [3.63, 3.8) is 0 Å². The van der Waals surface area contributed by atoms with Crippen molar-refractivity contribution < 1.29 is 4.74 Å². The number of likely N-dealkylation sites (N-methyl/N-ethyl adjacent to an activating group) is 1. The standard InChI is InChI=1S/C16H24ClNO/c1-18-12-16(13-8-10-14(17)11-9-13)19-15-6-4-2-3-5-7-15/h8-11,15-16,18H,2-7,12H2,1H3. The van der Waals surface area contributed by atoms with Gasteiger partial charge in [-0.1, -0.05) is 49.4 Å². The van der Waals surface area contributed by atoms with Crippen LogP contribution < -0.4 is 5.32 Å². The molecular formula is C16H24ClNO. The number of hydrogen-bond acceptors (Lipinski definition) is 2. The van der Waals surface area contributed by atoms with Crippen LogP contribution in [-0.4, -0.2) is 19.7 Å². The quantitative estimate of drug-likeness (QED) is 0.811. The van der Waals surface area contributed by atoms with Gasteiger partial charge < -0.3 is 10.1 Å². The van der Waals surface area contributed by atoms with Gasteiger partial charge in [0.15, 0.2) is 0 Å². The minimum absolute atomic E-state index is 0.130.